The molecule has 0 saturated carbocycles. The van der Waals surface area contributed by atoms with Crippen molar-refractivity contribution in [1.82, 2.24) is 15.2 Å². The number of aliphatic hydroxyl groups excluding tert-OH is 1. The number of anilines is 1. The predicted octanol–water partition coefficient (Wildman–Crippen LogP) is 2.62. The van der Waals surface area contributed by atoms with Gasteiger partial charge in [-0.25, -0.2) is 14.6 Å². The van der Waals surface area contributed by atoms with E-state index in [0.717, 1.165) is 28.0 Å². The van der Waals surface area contributed by atoms with Gasteiger partial charge in [-0.3, -0.25) is 19.8 Å². The van der Waals surface area contributed by atoms with Crippen molar-refractivity contribution in [3.05, 3.63) is 57.2 Å². The lowest BCUT2D eigenvalue weighted by atomic mass is 9.94. The third kappa shape index (κ3) is 6.58. The van der Waals surface area contributed by atoms with Gasteiger partial charge in [0.25, 0.3) is 11.8 Å². The van der Waals surface area contributed by atoms with Crippen LogP contribution in [-0.4, -0.2) is 79.6 Å². The largest absolute Gasteiger partial charge is 0.477 e. The average Bonchev–Trinajstić information content (AvgIpc) is 3.37. The van der Waals surface area contributed by atoms with E-state index < -0.39 is 40.9 Å². The van der Waals surface area contributed by atoms with Crippen LogP contribution in [0.5, 0.6) is 0 Å². The molecule has 3 amide bonds. The van der Waals surface area contributed by atoms with Crippen molar-refractivity contribution in [2.24, 2.45) is 5.16 Å². The van der Waals surface area contributed by atoms with Crippen molar-refractivity contribution in [1.29, 1.82) is 0 Å². The van der Waals surface area contributed by atoms with Gasteiger partial charge < -0.3 is 25.1 Å². The van der Waals surface area contributed by atoms with Crippen LogP contribution in [0.3, 0.4) is 0 Å². The number of aromatic nitrogens is 1. The molecule has 3 heterocycles. The number of carboxylic acid groups (broad SMARTS) is 1. The van der Waals surface area contributed by atoms with Crippen LogP contribution in [0.1, 0.15) is 43.2 Å². The number of β-lactam (4-membered cyclic amide) rings is 1. The quantitative estimate of drug-likeness (QED) is 0.186. The Bertz CT molecular complexity index is 1480. The second-order valence-electron chi connectivity index (χ2n) is 10.4. The number of amides is 3. The number of nitrogens with zero attached hydrogens (tertiary/aromatic N) is 3. The number of thioether (sulfide) groups is 1. The molecule has 15 heteroatoms. The molecule has 1 aromatic carbocycles. The molecule has 2 aliphatic rings. The molecule has 0 radical (unpaired) electrons. The number of nitrogens with one attached hydrogen (secondary N) is 2. The highest BCUT2D eigenvalue weighted by molar-refractivity contribution is 8.00. The number of thiazole rings is 1. The summed E-state index contributed by atoms with van der Waals surface area (Å²) in [6.45, 7) is 6.88. The van der Waals surface area contributed by atoms with Crippen LogP contribution < -0.4 is 10.6 Å². The van der Waals surface area contributed by atoms with Crippen molar-refractivity contribution >= 4 is 57.8 Å². The second-order valence-corrected chi connectivity index (χ2v) is 12.4. The monoisotopic (exact) mass is 617 g/mol. The van der Waals surface area contributed by atoms with Crippen LogP contribution in [0.4, 0.5) is 9.93 Å². The van der Waals surface area contributed by atoms with Crippen LogP contribution in [0, 0.1) is 6.92 Å². The van der Waals surface area contributed by atoms with Crippen LogP contribution in [0.2, 0.25) is 0 Å². The fraction of sp³-hybridized carbons (Fsp3) is 0.407. The summed E-state index contributed by atoms with van der Waals surface area (Å²) in [5.41, 5.74) is 2.08. The van der Waals surface area contributed by atoms with Crippen molar-refractivity contribution < 1.29 is 39.0 Å². The fourth-order valence-electron chi connectivity index (χ4n) is 4.48. The van der Waals surface area contributed by atoms with Gasteiger partial charge in [-0.15, -0.1) is 23.1 Å². The summed E-state index contributed by atoms with van der Waals surface area (Å²) in [4.78, 5) is 61.0. The van der Waals surface area contributed by atoms with Crippen molar-refractivity contribution in [3.8, 4) is 0 Å². The molecule has 4 rings (SSSR count). The molecule has 224 valence electrons. The molecule has 4 N–H and O–H groups in total. The summed E-state index contributed by atoms with van der Waals surface area (Å²) in [6, 6.07) is 4.46. The van der Waals surface area contributed by atoms with Gasteiger partial charge in [-0.1, -0.05) is 23.4 Å². The summed E-state index contributed by atoms with van der Waals surface area (Å²) in [5.74, 6) is -2.24. The summed E-state index contributed by atoms with van der Waals surface area (Å²) in [6.07, 6.45) is -0.416. The smallest absolute Gasteiger partial charge is 0.413 e. The van der Waals surface area contributed by atoms with Gasteiger partial charge >= 0.3 is 12.1 Å². The Kier molecular flexibility index (Phi) is 9.23. The van der Waals surface area contributed by atoms with E-state index in [1.54, 1.807) is 32.9 Å². The number of hydrogen-bond acceptors (Lipinski definition) is 11. The highest BCUT2D eigenvalue weighted by atomic mass is 32.2. The Morgan fingerprint density at radius 3 is 2.60 bits per heavy atom. The zero-order valence-electron chi connectivity index (χ0n) is 23.6. The Morgan fingerprint density at radius 2 is 1.95 bits per heavy atom. The van der Waals surface area contributed by atoms with Crippen LogP contribution in [0.25, 0.3) is 0 Å². The second kappa shape index (κ2) is 12.5. The molecule has 0 unspecified atom stereocenters. The minimum absolute atomic E-state index is 0.0965. The van der Waals surface area contributed by atoms with Gasteiger partial charge in [-0.2, -0.15) is 0 Å². The maximum Gasteiger partial charge on any atom is 0.413 e. The lowest BCUT2D eigenvalue weighted by molar-refractivity contribution is -0.150. The first-order valence-corrected chi connectivity index (χ1v) is 14.7. The number of carboxylic acids is 1. The zero-order valence-corrected chi connectivity index (χ0v) is 25.2. The van der Waals surface area contributed by atoms with E-state index in [9.17, 15) is 29.4 Å². The Hall–Kier alpha value is -3.95. The molecule has 1 fully saturated rings. The Labute approximate surface area is 250 Å². The number of rotatable bonds is 9. The first kappa shape index (κ1) is 31.0. The minimum Gasteiger partial charge on any atom is -0.477 e. The summed E-state index contributed by atoms with van der Waals surface area (Å²) in [5, 5.41) is 29.5. The first-order valence-electron chi connectivity index (χ1n) is 12.8. The molecule has 2 atom stereocenters. The SMILES string of the molecule is CO/N=C(\C(=O)N[C@@H]1C(=O)N2C(C(=O)O)=C(Cc3cccc(CO)c3C)CS[C@H]12)c1csc(NC(=O)OC(C)(C)C)n1. The average molecular weight is 618 g/mol. The van der Waals surface area contributed by atoms with E-state index in [4.69, 9.17) is 9.57 Å². The van der Waals surface area contributed by atoms with Gasteiger partial charge in [0, 0.05) is 11.1 Å². The van der Waals surface area contributed by atoms with Gasteiger partial charge in [0.1, 0.15) is 35.5 Å². The van der Waals surface area contributed by atoms with E-state index >= 15 is 0 Å². The van der Waals surface area contributed by atoms with E-state index in [2.05, 4.69) is 20.8 Å². The number of ether oxygens (including phenoxy) is 1. The number of hydrogen-bond donors (Lipinski definition) is 4. The van der Waals surface area contributed by atoms with E-state index in [0.29, 0.717) is 17.7 Å². The van der Waals surface area contributed by atoms with Crippen molar-refractivity contribution in [3.63, 3.8) is 0 Å². The van der Waals surface area contributed by atoms with Gasteiger partial charge in [0.05, 0.1) is 6.61 Å². The highest BCUT2D eigenvalue weighted by Gasteiger charge is 2.54. The maximum atomic E-state index is 13.2. The van der Waals surface area contributed by atoms with Crippen LogP contribution in [0.15, 0.2) is 40.0 Å². The maximum absolute atomic E-state index is 13.2. The Balaban J connectivity index is 1.49. The zero-order chi connectivity index (χ0) is 30.8. The highest BCUT2D eigenvalue weighted by Crippen LogP contribution is 2.41. The normalized spacial score (nSPS) is 18.7. The summed E-state index contributed by atoms with van der Waals surface area (Å²) < 4.78 is 5.21. The van der Waals surface area contributed by atoms with Crippen LogP contribution >= 0.6 is 23.1 Å². The molecule has 1 aromatic heterocycles. The van der Waals surface area contributed by atoms with Gasteiger partial charge in [0.2, 0.25) is 0 Å². The van der Waals surface area contributed by atoms with Crippen molar-refractivity contribution in [2.75, 3.05) is 18.2 Å². The molecule has 0 aliphatic carbocycles. The predicted molar refractivity (Wildman–Crippen MR) is 156 cm³/mol. The number of carbonyl (C=O) groups excluding carboxylic acids is 3. The number of aliphatic carboxylic acids is 1. The molecule has 1 saturated heterocycles. The molecular formula is C27H31N5O8S2. The fourth-order valence-corrected chi connectivity index (χ4v) is 6.51. The minimum atomic E-state index is -1.24. The first-order chi connectivity index (χ1) is 19.8. The number of fused-ring (bicyclic) bond motifs is 1. The molecule has 13 nitrogen and oxygen atoms in total. The van der Waals surface area contributed by atoms with E-state index in [-0.39, 0.29) is 28.8 Å². The van der Waals surface area contributed by atoms with Gasteiger partial charge in [-0.05, 0) is 56.4 Å². The molecular weight excluding hydrogens is 586 g/mol. The standard InChI is InChI=1S/C27H31N5O8S2/c1-13-14(7-6-8-15(13)10-33)9-16-11-41-23-19(22(35)32(23)20(16)24(36)37)29-21(34)18(31-39-5)17-12-42-25(28-17)30-26(38)40-27(2,3)4/h6-8,12,19,23,33H,9-11H2,1-5H3,(H,29,34)(H,36,37)(H,28,30,38)/b31-18-/t19-,23-/m1/s1. The van der Waals surface area contributed by atoms with E-state index in [1.165, 1.54) is 29.2 Å². The Morgan fingerprint density at radius 1 is 1.24 bits per heavy atom. The van der Waals surface area contributed by atoms with Crippen LogP contribution in [-0.2, 0) is 37.0 Å². The third-order valence-electron chi connectivity index (χ3n) is 6.42. The number of oxime groups is 1. The summed E-state index contributed by atoms with van der Waals surface area (Å²) >= 11 is 2.38. The summed E-state index contributed by atoms with van der Waals surface area (Å²) in [7, 11) is 1.25. The number of carbonyl (C=O) groups is 4. The topological polar surface area (TPSA) is 180 Å². The number of benzene rings is 1. The lowest BCUT2D eigenvalue weighted by Crippen LogP contribution is -2.71. The molecule has 2 aliphatic heterocycles. The van der Waals surface area contributed by atoms with E-state index in [1.807, 2.05) is 13.0 Å². The lowest BCUT2D eigenvalue weighted by Gasteiger charge is -2.49. The molecule has 0 spiro atoms. The van der Waals surface area contributed by atoms with Crippen molar-refractivity contribution in [2.45, 2.75) is 57.7 Å². The molecule has 42 heavy (non-hydrogen) atoms. The molecule has 0 bridgehead atoms. The van der Waals surface area contributed by atoms with Gasteiger partial charge in [0.15, 0.2) is 10.8 Å². The molecule has 2 aromatic rings. The third-order valence-corrected chi connectivity index (χ3v) is 8.52. The number of aliphatic hydroxyl groups is 1.